The van der Waals surface area contributed by atoms with Crippen molar-refractivity contribution in [3.8, 4) is 0 Å². The van der Waals surface area contributed by atoms with Gasteiger partial charge in [-0.25, -0.2) is 4.39 Å². The highest BCUT2D eigenvalue weighted by atomic mass is 32.1. The minimum absolute atomic E-state index is 0.102. The van der Waals surface area contributed by atoms with Crippen LogP contribution in [0.3, 0.4) is 0 Å². The highest BCUT2D eigenvalue weighted by molar-refractivity contribution is 7.10. The van der Waals surface area contributed by atoms with Crippen LogP contribution in [-0.2, 0) is 16.1 Å². The summed E-state index contributed by atoms with van der Waals surface area (Å²) in [6.07, 6.45) is 3.14. The zero-order chi connectivity index (χ0) is 21.6. The topological polar surface area (TPSA) is 74.6 Å². The maximum absolute atomic E-state index is 13.4. The van der Waals surface area contributed by atoms with Crippen molar-refractivity contribution in [2.75, 3.05) is 13.1 Å². The lowest BCUT2D eigenvalue weighted by Gasteiger charge is -2.25. The fraction of sp³-hybridized carbons (Fsp3) is 0.304. The SMILES string of the molecule is O=C(CN1CCC[C@H]1C(=O)NCc1ccco1)N[C@@H](c1ccc(F)cc1)c1cccs1. The number of carbonyl (C=O) groups is 2. The normalized spacial score (nSPS) is 17.4. The van der Waals surface area contributed by atoms with E-state index >= 15 is 0 Å². The van der Waals surface area contributed by atoms with Crippen LogP contribution in [0, 0.1) is 5.82 Å². The molecular formula is C23H24FN3O3S. The van der Waals surface area contributed by atoms with E-state index in [0.717, 1.165) is 16.9 Å². The number of amides is 2. The number of hydrogen-bond acceptors (Lipinski definition) is 5. The first-order valence-electron chi connectivity index (χ1n) is 10.2. The van der Waals surface area contributed by atoms with Crippen LogP contribution in [0.4, 0.5) is 4.39 Å². The summed E-state index contributed by atoms with van der Waals surface area (Å²) in [4.78, 5) is 28.4. The summed E-state index contributed by atoms with van der Waals surface area (Å²) in [7, 11) is 0. The molecule has 0 bridgehead atoms. The summed E-state index contributed by atoms with van der Waals surface area (Å²) in [5.41, 5.74) is 0.811. The Balaban J connectivity index is 1.38. The molecule has 0 spiro atoms. The third-order valence-electron chi connectivity index (χ3n) is 5.37. The van der Waals surface area contributed by atoms with E-state index in [2.05, 4.69) is 10.6 Å². The molecule has 1 aliphatic rings. The van der Waals surface area contributed by atoms with Gasteiger partial charge >= 0.3 is 0 Å². The van der Waals surface area contributed by atoms with Crippen molar-refractivity contribution in [3.63, 3.8) is 0 Å². The average Bonchev–Trinajstić information content (AvgIpc) is 3.54. The molecule has 3 heterocycles. The molecule has 1 saturated heterocycles. The van der Waals surface area contributed by atoms with Crippen LogP contribution in [0.2, 0.25) is 0 Å². The van der Waals surface area contributed by atoms with Crippen LogP contribution >= 0.6 is 11.3 Å². The van der Waals surface area contributed by atoms with Gasteiger partial charge in [-0.15, -0.1) is 11.3 Å². The fourth-order valence-corrected chi connectivity index (χ4v) is 4.64. The summed E-state index contributed by atoms with van der Waals surface area (Å²) in [5, 5.41) is 7.88. The van der Waals surface area contributed by atoms with Crippen LogP contribution in [0.25, 0.3) is 0 Å². The Morgan fingerprint density at radius 3 is 2.74 bits per heavy atom. The maximum atomic E-state index is 13.4. The second kappa shape index (κ2) is 9.89. The minimum Gasteiger partial charge on any atom is -0.467 e. The van der Waals surface area contributed by atoms with Crippen molar-refractivity contribution < 1.29 is 18.4 Å². The number of carbonyl (C=O) groups excluding carboxylic acids is 2. The monoisotopic (exact) mass is 441 g/mol. The largest absolute Gasteiger partial charge is 0.467 e. The number of furan rings is 1. The summed E-state index contributed by atoms with van der Waals surface area (Å²) in [6.45, 7) is 1.14. The lowest BCUT2D eigenvalue weighted by atomic mass is 10.1. The molecule has 1 aromatic carbocycles. The van der Waals surface area contributed by atoms with Gasteiger partial charge in [-0.2, -0.15) is 0 Å². The average molecular weight is 442 g/mol. The summed E-state index contributed by atoms with van der Waals surface area (Å²) in [6, 6.07) is 12.9. The highest BCUT2D eigenvalue weighted by Crippen LogP contribution is 2.26. The van der Waals surface area contributed by atoms with Crippen molar-refractivity contribution in [3.05, 3.63) is 82.2 Å². The highest BCUT2D eigenvalue weighted by Gasteiger charge is 2.32. The lowest BCUT2D eigenvalue weighted by molar-refractivity contribution is -0.128. The molecule has 162 valence electrons. The molecule has 3 aromatic rings. The minimum atomic E-state index is -0.359. The Morgan fingerprint density at radius 2 is 2.03 bits per heavy atom. The van der Waals surface area contributed by atoms with Gasteiger partial charge < -0.3 is 15.1 Å². The van der Waals surface area contributed by atoms with E-state index in [4.69, 9.17) is 4.42 Å². The van der Waals surface area contributed by atoms with Gasteiger partial charge in [-0.1, -0.05) is 18.2 Å². The first-order chi connectivity index (χ1) is 15.1. The zero-order valence-corrected chi connectivity index (χ0v) is 17.7. The number of likely N-dealkylation sites (tertiary alicyclic amines) is 1. The van der Waals surface area contributed by atoms with Crippen LogP contribution in [0.15, 0.2) is 64.6 Å². The molecule has 8 heteroatoms. The molecule has 0 unspecified atom stereocenters. The van der Waals surface area contributed by atoms with E-state index in [0.29, 0.717) is 25.3 Å². The molecule has 2 atom stereocenters. The van der Waals surface area contributed by atoms with Crippen LogP contribution in [0.5, 0.6) is 0 Å². The van der Waals surface area contributed by atoms with Crippen LogP contribution in [-0.4, -0.2) is 35.8 Å². The second-order valence-corrected chi connectivity index (χ2v) is 8.47. The van der Waals surface area contributed by atoms with Crippen molar-refractivity contribution in [1.82, 2.24) is 15.5 Å². The molecule has 1 fully saturated rings. The Kier molecular flexibility index (Phi) is 6.79. The molecule has 0 aliphatic carbocycles. The van der Waals surface area contributed by atoms with Gasteiger partial charge in [0.05, 0.1) is 31.4 Å². The van der Waals surface area contributed by atoms with Crippen molar-refractivity contribution in [1.29, 1.82) is 0 Å². The Labute approximate surface area is 184 Å². The Hall–Kier alpha value is -2.97. The second-order valence-electron chi connectivity index (χ2n) is 7.49. The van der Waals surface area contributed by atoms with E-state index in [1.54, 1.807) is 30.5 Å². The van der Waals surface area contributed by atoms with Gasteiger partial charge in [0.1, 0.15) is 11.6 Å². The fourth-order valence-electron chi connectivity index (χ4n) is 3.84. The van der Waals surface area contributed by atoms with E-state index in [-0.39, 0.29) is 36.3 Å². The third-order valence-corrected chi connectivity index (χ3v) is 6.30. The van der Waals surface area contributed by atoms with E-state index in [1.807, 2.05) is 22.4 Å². The number of thiophene rings is 1. The number of benzene rings is 1. The van der Waals surface area contributed by atoms with Crippen molar-refractivity contribution >= 4 is 23.2 Å². The zero-order valence-electron chi connectivity index (χ0n) is 16.9. The molecule has 1 aliphatic heterocycles. The molecule has 0 saturated carbocycles. The first-order valence-corrected chi connectivity index (χ1v) is 11.1. The first kappa shape index (κ1) is 21.3. The number of nitrogens with one attached hydrogen (secondary N) is 2. The molecule has 31 heavy (non-hydrogen) atoms. The molecule has 6 nitrogen and oxygen atoms in total. The molecule has 2 amide bonds. The molecule has 2 aromatic heterocycles. The predicted octanol–water partition coefficient (Wildman–Crippen LogP) is 3.47. The predicted molar refractivity (Wildman–Crippen MR) is 116 cm³/mol. The standard InChI is InChI=1S/C23H24FN3O3S/c24-17-9-7-16(8-10-17)22(20-6-3-13-31-20)26-21(28)15-27-11-1-5-19(27)23(29)25-14-18-4-2-12-30-18/h2-4,6-10,12-13,19,22H,1,5,11,14-15H2,(H,25,29)(H,26,28)/t19-,22-/m0/s1. The molecule has 2 N–H and O–H groups in total. The van der Waals surface area contributed by atoms with Gasteiger partial charge in [0.15, 0.2) is 0 Å². The summed E-state index contributed by atoms with van der Waals surface area (Å²) in [5.74, 6) is 0.0951. The quantitative estimate of drug-likeness (QED) is 0.561. The Bertz CT molecular complexity index is 990. The molecule has 0 radical (unpaired) electrons. The van der Waals surface area contributed by atoms with Gasteiger partial charge in [0.2, 0.25) is 11.8 Å². The van der Waals surface area contributed by atoms with E-state index in [9.17, 15) is 14.0 Å². The number of nitrogens with zero attached hydrogens (tertiary/aromatic N) is 1. The number of halogens is 1. The summed E-state index contributed by atoms with van der Waals surface area (Å²) < 4.78 is 18.6. The van der Waals surface area contributed by atoms with Gasteiger partial charge in [-0.05, 0) is 60.7 Å². The van der Waals surface area contributed by atoms with Gasteiger partial charge in [0.25, 0.3) is 0 Å². The lowest BCUT2D eigenvalue weighted by Crippen LogP contribution is -2.47. The van der Waals surface area contributed by atoms with E-state index < -0.39 is 0 Å². The number of rotatable bonds is 8. The van der Waals surface area contributed by atoms with Crippen LogP contribution in [0.1, 0.15) is 35.1 Å². The molecular weight excluding hydrogens is 417 g/mol. The van der Waals surface area contributed by atoms with Crippen molar-refractivity contribution in [2.24, 2.45) is 0 Å². The van der Waals surface area contributed by atoms with E-state index in [1.165, 1.54) is 23.5 Å². The van der Waals surface area contributed by atoms with Crippen LogP contribution < -0.4 is 10.6 Å². The maximum Gasteiger partial charge on any atom is 0.237 e. The third kappa shape index (κ3) is 5.39. The number of hydrogen-bond donors (Lipinski definition) is 2. The Morgan fingerprint density at radius 1 is 1.19 bits per heavy atom. The smallest absolute Gasteiger partial charge is 0.237 e. The summed E-state index contributed by atoms with van der Waals surface area (Å²) >= 11 is 1.53. The molecule has 4 rings (SSSR count). The van der Waals surface area contributed by atoms with Gasteiger partial charge in [0, 0.05) is 4.88 Å². The van der Waals surface area contributed by atoms with Crippen molar-refractivity contribution in [2.45, 2.75) is 31.5 Å². The van der Waals surface area contributed by atoms with Gasteiger partial charge in [-0.3, -0.25) is 14.5 Å².